The number of aromatic nitrogens is 1. The number of carbonyl (C=O) groups excluding carboxylic acids is 1. The van der Waals surface area contributed by atoms with Gasteiger partial charge in [0, 0.05) is 38.2 Å². The minimum Gasteiger partial charge on any atom is -0.351 e. The van der Waals surface area contributed by atoms with Gasteiger partial charge in [0.2, 0.25) is 5.82 Å². The number of hydrogen-bond acceptors (Lipinski definition) is 5. The van der Waals surface area contributed by atoms with Crippen LogP contribution in [0.2, 0.25) is 0 Å². The van der Waals surface area contributed by atoms with Gasteiger partial charge in [0.15, 0.2) is 0 Å². The molecular weight excluding hydrogens is 234 g/mol. The Morgan fingerprint density at radius 3 is 2.72 bits per heavy atom. The summed E-state index contributed by atoms with van der Waals surface area (Å²) >= 11 is 0. The van der Waals surface area contributed by atoms with Crippen LogP contribution < -0.4 is 4.90 Å². The van der Waals surface area contributed by atoms with Gasteiger partial charge in [-0.3, -0.25) is 14.9 Å². The predicted molar refractivity (Wildman–Crippen MR) is 65.1 cm³/mol. The number of nitrogens with zero attached hydrogens (tertiary/aromatic N) is 3. The zero-order valence-corrected chi connectivity index (χ0v) is 9.78. The lowest BCUT2D eigenvalue weighted by molar-refractivity contribution is -0.384. The minimum absolute atomic E-state index is 0.00461. The number of rotatable bonds is 3. The fraction of sp³-hybridized carbons (Fsp3) is 0.417. The van der Waals surface area contributed by atoms with Crippen LogP contribution in [0.1, 0.15) is 12.8 Å². The molecule has 1 saturated heterocycles. The fourth-order valence-electron chi connectivity index (χ4n) is 2.15. The van der Waals surface area contributed by atoms with Crippen LogP contribution >= 0.6 is 0 Å². The summed E-state index contributed by atoms with van der Waals surface area (Å²) in [6, 6.07) is 2.97. The van der Waals surface area contributed by atoms with Crippen LogP contribution in [0.15, 0.2) is 18.3 Å². The molecular formula is C12H13N3O3. The van der Waals surface area contributed by atoms with Crippen LogP contribution in [0.5, 0.6) is 0 Å². The van der Waals surface area contributed by atoms with Gasteiger partial charge in [0.25, 0.3) is 0 Å². The molecule has 6 nitrogen and oxygen atoms in total. The summed E-state index contributed by atoms with van der Waals surface area (Å²) in [5.74, 6) is -0.0698. The Kier molecular flexibility index (Phi) is 3.55. The molecule has 6 heteroatoms. The van der Waals surface area contributed by atoms with E-state index in [4.69, 9.17) is 6.92 Å². The van der Waals surface area contributed by atoms with E-state index in [-0.39, 0.29) is 17.4 Å². The van der Waals surface area contributed by atoms with E-state index >= 15 is 0 Å². The van der Waals surface area contributed by atoms with Gasteiger partial charge in [-0.25, -0.2) is 4.98 Å². The first kappa shape index (κ1) is 12.5. The van der Waals surface area contributed by atoms with Crippen LogP contribution in [0, 0.1) is 23.0 Å². The van der Waals surface area contributed by atoms with Crippen LogP contribution in [0.4, 0.5) is 11.5 Å². The highest BCUT2D eigenvalue weighted by atomic mass is 16.6. The van der Waals surface area contributed by atoms with Gasteiger partial charge in [0.1, 0.15) is 5.78 Å². The smallest absolute Gasteiger partial charge is 0.311 e. The third-order valence-electron chi connectivity index (χ3n) is 3.16. The molecule has 0 N–H and O–H groups in total. The number of hydrogen-bond donors (Lipinski definition) is 0. The number of nitro groups is 1. The van der Waals surface area contributed by atoms with Crippen LogP contribution in [-0.2, 0) is 4.79 Å². The zero-order valence-electron chi connectivity index (χ0n) is 9.78. The Morgan fingerprint density at radius 2 is 2.17 bits per heavy atom. The van der Waals surface area contributed by atoms with Crippen molar-refractivity contribution in [2.24, 2.45) is 5.92 Å². The molecule has 0 spiro atoms. The first-order valence-electron chi connectivity index (χ1n) is 5.73. The summed E-state index contributed by atoms with van der Waals surface area (Å²) in [4.78, 5) is 27.4. The molecule has 0 atom stereocenters. The monoisotopic (exact) mass is 247 g/mol. The SMILES string of the molecule is [CH]C(=O)C1CCN(c2ncccc2[N+](=O)[O-])CC1. The van der Waals surface area contributed by atoms with Gasteiger partial charge in [-0.05, 0) is 18.9 Å². The van der Waals surface area contributed by atoms with Gasteiger partial charge in [-0.15, -0.1) is 0 Å². The average molecular weight is 247 g/mol. The zero-order chi connectivity index (χ0) is 13.1. The van der Waals surface area contributed by atoms with Crippen molar-refractivity contribution in [3.63, 3.8) is 0 Å². The van der Waals surface area contributed by atoms with Gasteiger partial charge in [-0.1, -0.05) is 0 Å². The lowest BCUT2D eigenvalue weighted by atomic mass is 9.93. The first-order valence-corrected chi connectivity index (χ1v) is 5.73. The lowest BCUT2D eigenvalue weighted by Gasteiger charge is -2.31. The molecule has 1 aliphatic rings. The molecule has 0 bridgehead atoms. The number of carbonyl (C=O) groups is 1. The summed E-state index contributed by atoms with van der Waals surface area (Å²) in [7, 11) is 0. The molecule has 18 heavy (non-hydrogen) atoms. The van der Waals surface area contributed by atoms with E-state index in [1.165, 1.54) is 18.3 Å². The standard InChI is InChI=1S/C12H13N3O3/c1-9(16)10-4-7-14(8-5-10)12-11(15(17)18)3-2-6-13-12/h1-3,6,10H,4-5,7-8H2. The van der Waals surface area contributed by atoms with Gasteiger partial charge in [0.05, 0.1) is 4.92 Å². The molecule has 2 heterocycles. The Balaban J connectivity index is 2.15. The number of Topliss-reactive ketones (excluding diaryl/α,β-unsaturated/α-hetero) is 1. The maximum atomic E-state index is 11.1. The molecule has 1 fully saturated rings. The summed E-state index contributed by atoms with van der Waals surface area (Å²) in [6.07, 6.45) is 2.76. The maximum absolute atomic E-state index is 11.1. The van der Waals surface area contributed by atoms with E-state index in [1.54, 1.807) is 0 Å². The first-order chi connectivity index (χ1) is 8.59. The summed E-state index contributed by atoms with van der Waals surface area (Å²) in [6.45, 7) is 6.37. The van der Waals surface area contributed by atoms with E-state index in [0.29, 0.717) is 31.7 Å². The Labute approximate surface area is 105 Å². The topological polar surface area (TPSA) is 76.3 Å². The molecule has 0 aromatic carbocycles. The van der Waals surface area contributed by atoms with E-state index in [0.717, 1.165) is 0 Å². The molecule has 1 aromatic rings. The van der Waals surface area contributed by atoms with Crippen molar-refractivity contribution in [2.45, 2.75) is 12.8 Å². The highest BCUT2D eigenvalue weighted by Crippen LogP contribution is 2.29. The molecule has 2 rings (SSSR count). The van der Waals surface area contributed by atoms with Crippen molar-refractivity contribution in [3.8, 4) is 0 Å². The molecule has 94 valence electrons. The van der Waals surface area contributed by atoms with Crippen LogP contribution in [0.3, 0.4) is 0 Å². The number of anilines is 1. The second-order valence-corrected chi connectivity index (χ2v) is 4.27. The number of piperidine rings is 1. The molecule has 1 aliphatic heterocycles. The highest BCUT2D eigenvalue weighted by molar-refractivity contribution is 5.85. The largest absolute Gasteiger partial charge is 0.351 e. The average Bonchev–Trinajstić information content (AvgIpc) is 2.39. The second kappa shape index (κ2) is 5.12. The Hall–Kier alpha value is -1.98. The van der Waals surface area contributed by atoms with E-state index in [1.807, 2.05) is 4.90 Å². The minimum atomic E-state index is -0.442. The highest BCUT2D eigenvalue weighted by Gasteiger charge is 2.27. The number of pyridine rings is 1. The normalized spacial score (nSPS) is 16.6. The van der Waals surface area contributed by atoms with E-state index in [2.05, 4.69) is 4.98 Å². The lowest BCUT2D eigenvalue weighted by Crippen LogP contribution is -2.36. The van der Waals surface area contributed by atoms with Crippen molar-refractivity contribution >= 4 is 17.3 Å². The van der Waals surface area contributed by atoms with E-state index < -0.39 is 4.92 Å². The Bertz CT molecular complexity index is 467. The summed E-state index contributed by atoms with van der Waals surface area (Å²) in [5, 5.41) is 10.9. The van der Waals surface area contributed by atoms with Crippen molar-refractivity contribution in [2.75, 3.05) is 18.0 Å². The van der Waals surface area contributed by atoms with Crippen LogP contribution in [0.25, 0.3) is 0 Å². The molecule has 0 unspecified atom stereocenters. The Morgan fingerprint density at radius 1 is 1.50 bits per heavy atom. The van der Waals surface area contributed by atoms with Crippen molar-refractivity contribution in [3.05, 3.63) is 35.4 Å². The van der Waals surface area contributed by atoms with Crippen molar-refractivity contribution in [1.29, 1.82) is 0 Å². The summed E-state index contributed by atoms with van der Waals surface area (Å²) in [5.41, 5.74) is -0.00461. The third kappa shape index (κ3) is 2.47. The van der Waals surface area contributed by atoms with Crippen molar-refractivity contribution in [1.82, 2.24) is 4.98 Å². The van der Waals surface area contributed by atoms with Gasteiger partial charge < -0.3 is 4.90 Å². The molecule has 0 saturated carbocycles. The number of ketones is 1. The third-order valence-corrected chi connectivity index (χ3v) is 3.16. The van der Waals surface area contributed by atoms with Gasteiger partial charge in [-0.2, -0.15) is 0 Å². The maximum Gasteiger partial charge on any atom is 0.311 e. The molecule has 1 aromatic heterocycles. The molecule has 0 amide bonds. The quantitative estimate of drug-likeness (QED) is 0.597. The molecule has 0 aliphatic carbocycles. The van der Waals surface area contributed by atoms with Crippen LogP contribution in [-0.4, -0.2) is 28.8 Å². The summed E-state index contributed by atoms with van der Waals surface area (Å²) < 4.78 is 0. The van der Waals surface area contributed by atoms with Crippen molar-refractivity contribution < 1.29 is 9.72 Å². The predicted octanol–water partition coefficient (Wildman–Crippen LogP) is 1.49. The van der Waals surface area contributed by atoms with E-state index in [9.17, 15) is 14.9 Å². The molecule has 2 radical (unpaired) electrons. The second-order valence-electron chi connectivity index (χ2n) is 4.27. The van der Waals surface area contributed by atoms with Gasteiger partial charge >= 0.3 is 5.69 Å². The fourth-order valence-corrected chi connectivity index (χ4v) is 2.15.